The average molecular weight is 735 g/mol. The Morgan fingerprint density at radius 1 is 0.870 bits per heavy atom. The van der Waals surface area contributed by atoms with E-state index in [1.165, 1.54) is 23.5 Å². The van der Waals surface area contributed by atoms with Crippen LogP contribution >= 0.6 is 23.5 Å². The maximum atomic E-state index is 13.8. The third-order valence-corrected chi connectivity index (χ3v) is 11.8. The number of aromatic nitrogens is 1. The van der Waals surface area contributed by atoms with Gasteiger partial charge in [-0.3, -0.25) is 9.78 Å². The standard InChI is InChI=1S/C31H49F3N2O5S2Si3/c1-20(43-23-16-14-21(15-17-23)22-13-12-18-35-19-22)24(36-30(37)31(32,33)34)25-26(39-44(3,4)5)27(40-45(6,7)8)28(29(38-25)42-2)41-46(9,10)11/h12-20,24-29H,1-11H3,(H,36,37)/t20-,24+,25+,26?,27?,28?,29?/m0/s1. The van der Waals surface area contributed by atoms with E-state index in [2.05, 4.69) is 49.6 Å². The van der Waals surface area contributed by atoms with E-state index in [-0.39, 0.29) is 0 Å². The molecule has 1 aliphatic heterocycles. The number of rotatable bonds is 13. The lowest BCUT2D eigenvalue weighted by atomic mass is 9.93. The average Bonchev–Trinajstić information content (AvgIpc) is 2.92. The molecular weight excluding hydrogens is 686 g/mol. The topological polar surface area (TPSA) is 78.9 Å². The van der Waals surface area contributed by atoms with Crippen LogP contribution in [0.5, 0.6) is 0 Å². The van der Waals surface area contributed by atoms with Crippen LogP contribution in [-0.4, -0.2) is 89.4 Å². The van der Waals surface area contributed by atoms with Crippen molar-refractivity contribution in [3.63, 3.8) is 0 Å². The molecule has 1 aliphatic rings. The second kappa shape index (κ2) is 15.6. The fraction of sp³-hybridized carbons (Fsp3) is 0.613. The molecule has 15 heteroatoms. The largest absolute Gasteiger partial charge is 0.471 e. The van der Waals surface area contributed by atoms with Crippen LogP contribution in [0.2, 0.25) is 58.9 Å². The van der Waals surface area contributed by atoms with Gasteiger partial charge in [-0.15, -0.1) is 23.5 Å². The predicted molar refractivity (Wildman–Crippen MR) is 190 cm³/mol. The van der Waals surface area contributed by atoms with Crippen molar-refractivity contribution in [3.05, 3.63) is 48.8 Å². The smallest absolute Gasteiger partial charge is 0.409 e. The molecule has 1 aromatic heterocycles. The number of thioether (sulfide) groups is 2. The Hall–Kier alpha value is -1.18. The number of hydrogen-bond acceptors (Lipinski definition) is 8. The molecule has 1 fully saturated rings. The van der Waals surface area contributed by atoms with Gasteiger partial charge in [0.1, 0.15) is 29.9 Å². The first kappa shape index (κ1) is 39.3. The molecule has 1 saturated heterocycles. The maximum absolute atomic E-state index is 13.8. The molecule has 258 valence electrons. The van der Waals surface area contributed by atoms with Gasteiger partial charge in [-0.25, -0.2) is 0 Å². The third kappa shape index (κ3) is 11.8. The van der Waals surface area contributed by atoms with Crippen molar-refractivity contribution >= 4 is 54.4 Å². The summed E-state index contributed by atoms with van der Waals surface area (Å²) in [5.41, 5.74) is 1.37. The molecular formula is C31H49F3N2O5S2Si3. The van der Waals surface area contributed by atoms with Gasteiger partial charge < -0.3 is 23.3 Å². The van der Waals surface area contributed by atoms with E-state index in [0.29, 0.717) is 0 Å². The van der Waals surface area contributed by atoms with Crippen LogP contribution in [0, 0.1) is 0 Å². The fourth-order valence-electron chi connectivity index (χ4n) is 5.18. The molecule has 1 aromatic carbocycles. The predicted octanol–water partition coefficient (Wildman–Crippen LogP) is 8.02. The number of carbonyl (C=O) groups excluding carboxylic acids is 1. The summed E-state index contributed by atoms with van der Waals surface area (Å²) < 4.78 is 68.4. The summed E-state index contributed by atoms with van der Waals surface area (Å²) in [6, 6.07) is 10.5. The van der Waals surface area contributed by atoms with Crippen molar-refractivity contribution in [3.8, 4) is 11.1 Å². The van der Waals surface area contributed by atoms with Gasteiger partial charge in [0.15, 0.2) is 25.0 Å². The second-order valence-electron chi connectivity index (χ2n) is 14.4. The molecule has 0 radical (unpaired) electrons. The number of nitrogens with zero attached hydrogens (tertiary/aromatic N) is 1. The fourth-order valence-corrected chi connectivity index (χ4v) is 10.3. The monoisotopic (exact) mass is 734 g/mol. The Morgan fingerprint density at radius 3 is 1.89 bits per heavy atom. The van der Waals surface area contributed by atoms with Crippen LogP contribution in [0.25, 0.3) is 11.1 Å². The van der Waals surface area contributed by atoms with Gasteiger partial charge in [0.25, 0.3) is 0 Å². The normalized spacial score (nSPS) is 24.3. The number of alkyl halides is 3. The maximum Gasteiger partial charge on any atom is 0.471 e. The van der Waals surface area contributed by atoms with Crippen LogP contribution < -0.4 is 5.32 Å². The lowest BCUT2D eigenvalue weighted by Crippen LogP contribution is -2.69. The first-order valence-corrected chi connectivity index (χ1v) is 27.7. The molecule has 2 aromatic rings. The minimum absolute atomic E-state index is 0.507. The minimum atomic E-state index is -5.07. The van der Waals surface area contributed by atoms with Crippen LogP contribution in [0.15, 0.2) is 53.7 Å². The molecule has 7 nitrogen and oxygen atoms in total. The molecule has 2 heterocycles. The molecule has 0 spiro atoms. The highest BCUT2D eigenvalue weighted by atomic mass is 32.2. The van der Waals surface area contributed by atoms with E-state index in [9.17, 15) is 18.0 Å². The number of hydrogen-bond donors (Lipinski definition) is 1. The number of pyridine rings is 1. The number of ether oxygens (including phenoxy) is 1. The number of benzene rings is 1. The van der Waals surface area contributed by atoms with E-state index in [1.54, 1.807) is 12.4 Å². The molecule has 46 heavy (non-hydrogen) atoms. The number of nitrogens with one attached hydrogen (secondary N) is 1. The summed E-state index contributed by atoms with van der Waals surface area (Å²) in [5.74, 6) is -2.02. The first-order valence-electron chi connectivity index (χ1n) is 15.3. The van der Waals surface area contributed by atoms with E-state index < -0.39 is 78.2 Å². The molecule has 0 bridgehead atoms. The SMILES string of the molecule is CSC1O[C@H]([C@H](NC(=O)C(F)(F)F)[C@H](C)Sc2ccc(-c3cccnc3)cc2)C(O[Si](C)(C)C)C(O[Si](C)(C)C)C1O[Si](C)(C)C. The molecule has 0 aliphatic carbocycles. The van der Waals surface area contributed by atoms with Gasteiger partial charge in [-0.2, -0.15) is 13.2 Å². The number of halogens is 3. The first-order chi connectivity index (χ1) is 21.1. The number of amides is 1. The minimum Gasteiger partial charge on any atom is -0.409 e. The summed E-state index contributed by atoms with van der Waals surface area (Å²) in [6.45, 7) is 20.3. The van der Waals surface area contributed by atoms with Crippen LogP contribution in [0.1, 0.15) is 6.92 Å². The van der Waals surface area contributed by atoms with Crippen LogP contribution in [-0.2, 0) is 22.8 Å². The Balaban J connectivity index is 2.09. The van der Waals surface area contributed by atoms with Crippen molar-refractivity contribution in [2.45, 2.75) is 118 Å². The molecule has 7 atom stereocenters. The van der Waals surface area contributed by atoms with E-state index >= 15 is 0 Å². The summed E-state index contributed by atoms with van der Waals surface area (Å²) in [4.78, 5) is 17.6. The Kier molecular flexibility index (Phi) is 13.3. The summed E-state index contributed by atoms with van der Waals surface area (Å²) in [6.07, 6.45) is -2.55. The van der Waals surface area contributed by atoms with Crippen molar-refractivity contribution in [1.29, 1.82) is 0 Å². The zero-order valence-corrected chi connectivity index (χ0v) is 33.2. The van der Waals surface area contributed by atoms with Crippen LogP contribution in [0.4, 0.5) is 13.2 Å². The van der Waals surface area contributed by atoms with Crippen molar-refractivity contribution in [1.82, 2.24) is 10.3 Å². The molecule has 1 amide bonds. The zero-order valence-electron chi connectivity index (χ0n) is 28.6. The lowest BCUT2D eigenvalue weighted by molar-refractivity contribution is -0.195. The second-order valence-corrected chi connectivity index (χ2v) is 30.1. The molecule has 3 rings (SSSR count). The van der Waals surface area contributed by atoms with E-state index in [4.69, 9.17) is 18.0 Å². The van der Waals surface area contributed by atoms with Crippen molar-refractivity contribution in [2.75, 3.05) is 6.26 Å². The molecule has 0 saturated carbocycles. The Labute approximate surface area is 283 Å². The quantitative estimate of drug-likeness (QED) is 0.164. The zero-order chi connectivity index (χ0) is 34.7. The van der Waals surface area contributed by atoms with Gasteiger partial charge in [-0.05, 0) is 94.5 Å². The van der Waals surface area contributed by atoms with Crippen LogP contribution in [0.3, 0.4) is 0 Å². The van der Waals surface area contributed by atoms with Gasteiger partial charge in [0.2, 0.25) is 0 Å². The van der Waals surface area contributed by atoms with E-state index in [0.717, 1.165) is 16.0 Å². The lowest BCUT2D eigenvalue weighted by Gasteiger charge is -2.52. The molecule has 4 unspecified atom stereocenters. The highest BCUT2D eigenvalue weighted by Crippen LogP contribution is 2.40. The van der Waals surface area contributed by atoms with Gasteiger partial charge >= 0.3 is 12.1 Å². The highest BCUT2D eigenvalue weighted by molar-refractivity contribution is 8.00. The van der Waals surface area contributed by atoms with Gasteiger partial charge in [0.05, 0.1) is 6.04 Å². The van der Waals surface area contributed by atoms with E-state index in [1.807, 2.05) is 69.2 Å². The van der Waals surface area contributed by atoms with Crippen molar-refractivity contribution in [2.24, 2.45) is 0 Å². The molecule has 1 N–H and O–H groups in total. The van der Waals surface area contributed by atoms with Crippen molar-refractivity contribution < 1.29 is 36.0 Å². The van der Waals surface area contributed by atoms with Gasteiger partial charge in [-0.1, -0.05) is 25.1 Å². The summed E-state index contributed by atoms with van der Waals surface area (Å²) in [5, 5.41) is 1.78. The third-order valence-electron chi connectivity index (χ3n) is 6.82. The summed E-state index contributed by atoms with van der Waals surface area (Å²) >= 11 is 2.80. The van der Waals surface area contributed by atoms with Gasteiger partial charge in [0, 0.05) is 22.5 Å². The highest BCUT2D eigenvalue weighted by Gasteiger charge is 2.55. The Bertz CT molecular complexity index is 1280. The number of carbonyl (C=O) groups is 1. The summed E-state index contributed by atoms with van der Waals surface area (Å²) in [7, 11) is -6.72. The Morgan fingerprint density at radius 2 is 1.41 bits per heavy atom.